The van der Waals surface area contributed by atoms with E-state index >= 15 is 0 Å². The number of aliphatic imine (C=N–C) groups is 1. The van der Waals surface area contributed by atoms with Crippen LogP contribution in [0.2, 0.25) is 0 Å². The van der Waals surface area contributed by atoms with Crippen LogP contribution in [0.15, 0.2) is 17.1 Å². The normalized spacial score (nSPS) is 20.8. The molecule has 116 valence electrons. The Bertz CT molecular complexity index is 308. The molecule has 1 aliphatic carbocycles. The third kappa shape index (κ3) is 6.41. The average molecular weight is 394 g/mol. The zero-order valence-electron chi connectivity index (χ0n) is 12.3. The quantitative estimate of drug-likeness (QED) is 0.319. The fraction of sp³-hybridized carbons (Fsp3) is 0.786. The minimum absolute atomic E-state index is 0. The molecule has 2 rings (SSSR count). The van der Waals surface area contributed by atoms with Gasteiger partial charge in [-0.25, -0.2) is 0 Å². The molecule has 0 aromatic heterocycles. The van der Waals surface area contributed by atoms with E-state index in [0.29, 0.717) is 6.04 Å². The molecule has 0 unspecified atom stereocenters. The van der Waals surface area contributed by atoms with Crippen molar-refractivity contribution < 1.29 is 4.74 Å². The summed E-state index contributed by atoms with van der Waals surface area (Å²) in [6, 6.07) is 0.515. The van der Waals surface area contributed by atoms with E-state index in [-0.39, 0.29) is 24.0 Å². The second kappa shape index (κ2) is 10.4. The molecule has 5 nitrogen and oxygen atoms in total. The van der Waals surface area contributed by atoms with Gasteiger partial charge in [-0.2, -0.15) is 0 Å². The number of nitrogens with zero attached hydrogens (tertiary/aromatic N) is 2. The molecule has 1 fully saturated rings. The lowest BCUT2D eigenvalue weighted by Crippen LogP contribution is -2.43. The fourth-order valence-corrected chi connectivity index (χ4v) is 2.38. The van der Waals surface area contributed by atoms with Gasteiger partial charge in [0.05, 0.1) is 19.8 Å². The second-order valence-corrected chi connectivity index (χ2v) is 5.00. The van der Waals surface area contributed by atoms with Crippen molar-refractivity contribution in [3.8, 4) is 0 Å². The van der Waals surface area contributed by atoms with Crippen LogP contribution in [0.1, 0.15) is 19.8 Å². The van der Waals surface area contributed by atoms with E-state index in [1.54, 1.807) is 0 Å². The Morgan fingerprint density at radius 2 is 2.00 bits per heavy atom. The Labute approximate surface area is 139 Å². The Hall–Kier alpha value is -0.340. The zero-order chi connectivity index (χ0) is 13.3. The Morgan fingerprint density at radius 1 is 1.30 bits per heavy atom. The van der Waals surface area contributed by atoms with Crippen LogP contribution in [0.4, 0.5) is 0 Å². The topological polar surface area (TPSA) is 48.9 Å². The number of halogens is 1. The number of hydrogen-bond acceptors (Lipinski definition) is 3. The number of morpholine rings is 1. The summed E-state index contributed by atoms with van der Waals surface area (Å²) in [7, 11) is 0. The Balaban J connectivity index is 0.00000200. The van der Waals surface area contributed by atoms with Crippen LogP contribution in [-0.2, 0) is 4.74 Å². The summed E-state index contributed by atoms with van der Waals surface area (Å²) in [5.41, 5.74) is 0. The minimum atomic E-state index is 0. The summed E-state index contributed by atoms with van der Waals surface area (Å²) in [6.07, 6.45) is 6.67. The van der Waals surface area contributed by atoms with Gasteiger partial charge in [-0.3, -0.25) is 9.89 Å². The molecule has 0 aromatic carbocycles. The molecular weight excluding hydrogens is 367 g/mol. The highest BCUT2D eigenvalue weighted by Gasteiger charge is 2.12. The lowest BCUT2D eigenvalue weighted by Gasteiger charge is -2.26. The molecule has 0 amide bonds. The molecule has 0 spiro atoms. The number of guanidine groups is 1. The van der Waals surface area contributed by atoms with Crippen LogP contribution in [0.5, 0.6) is 0 Å². The van der Waals surface area contributed by atoms with Crippen LogP contribution >= 0.6 is 24.0 Å². The van der Waals surface area contributed by atoms with Crippen molar-refractivity contribution in [1.82, 2.24) is 15.5 Å². The van der Waals surface area contributed by atoms with E-state index in [2.05, 4.69) is 39.6 Å². The molecule has 1 aliphatic heterocycles. The van der Waals surface area contributed by atoms with E-state index in [1.807, 2.05) is 0 Å². The standard InChI is InChI=1S/C14H26N4O.HI/c1-2-15-14(17-13-5-3-4-6-13)16-7-8-18-9-11-19-12-10-18;/h3-4,13H,2,5-12H2,1H3,(H2,15,16,17);1H. The van der Waals surface area contributed by atoms with Gasteiger partial charge >= 0.3 is 0 Å². The van der Waals surface area contributed by atoms with Crippen molar-refractivity contribution >= 4 is 29.9 Å². The molecule has 0 saturated carbocycles. The van der Waals surface area contributed by atoms with E-state index in [4.69, 9.17) is 4.74 Å². The maximum Gasteiger partial charge on any atom is 0.191 e. The molecule has 0 atom stereocenters. The number of hydrogen-bond donors (Lipinski definition) is 2. The van der Waals surface area contributed by atoms with E-state index in [1.165, 1.54) is 0 Å². The summed E-state index contributed by atoms with van der Waals surface area (Å²) >= 11 is 0. The van der Waals surface area contributed by atoms with Gasteiger partial charge in [0.25, 0.3) is 0 Å². The van der Waals surface area contributed by atoms with Crippen LogP contribution in [0.25, 0.3) is 0 Å². The number of nitrogens with one attached hydrogen (secondary N) is 2. The van der Waals surface area contributed by atoms with Gasteiger partial charge in [0.2, 0.25) is 0 Å². The Morgan fingerprint density at radius 3 is 2.65 bits per heavy atom. The highest BCUT2D eigenvalue weighted by Crippen LogP contribution is 2.08. The smallest absolute Gasteiger partial charge is 0.191 e. The monoisotopic (exact) mass is 394 g/mol. The minimum Gasteiger partial charge on any atom is -0.379 e. The van der Waals surface area contributed by atoms with Crippen LogP contribution < -0.4 is 10.6 Å². The molecule has 2 aliphatic rings. The summed E-state index contributed by atoms with van der Waals surface area (Å²) in [6.45, 7) is 8.65. The largest absolute Gasteiger partial charge is 0.379 e. The van der Waals surface area contributed by atoms with Crippen molar-refractivity contribution in [2.45, 2.75) is 25.8 Å². The SMILES string of the molecule is CCNC(=NCCN1CCOCC1)NC1CC=CC1.I. The predicted octanol–water partition coefficient (Wildman–Crippen LogP) is 1.21. The highest BCUT2D eigenvalue weighted by atomic mass is 127. The lowest BCUT2D eigenvalue weighted by molar-refractivity contribution is 0.0394. The number of rotatable bonds is 5. The molecule has 20 heavy (non-hydrogen) atoms. The molecule has 1 heterocycles. The molecule has 2 N–H and O–H groups in total. The molecule has 1 saturated heterocycles. The second-order valence-electron chi connectivity index (χ2n) is 5.00. The van der Waals surface area contributed by atoms with E-state index in [9.17, 15) is 0 Å². The Kier molecular flexibility index (Phi) is 9.21. The molecule has 6 heteroatoms. The first-order valence-electron chi connectivity index (χ1n) is 7.38. The maximum atomic E-state index is 5.35. The zero-order valence-corrected chi connectivity index (χ0v) is 14.6. The van der Waals surface area contributed by atoms with Gasteiger partial charge in [0.15, 0.2) is 5.96 Å². The van der Waals surface area contributed by atoms with Gasteiger partial charge < -0.3 is 15.4 Å². The maximum absolute atomic E-state index is 5.35. The van der Waals surface area contributed by atoms with Gasteiger partial charge in [-0.1, -0.05) is 12.2 Å². The van der Waals surface area contributed by atoms with Gasteiger partial charge in [0.1, 0.15) is 0 Å². The van der Waals surface area contributed by atoms with Gasteiger partial charge in [-0.05, 0) is 19.8 Å². The van der Waals surface area contributed by atoms with Crippen molar-refractivity contribution in [1.29, 1.82) is 0 Å². The van der Waals surface area contributed by atoms with Crippen molar-refractivity contribution in [3.63, 3.8) is 0 Å². The fourth-order valence-electron chi connectivity index (χ4n) is 2.38. The third-order valence-electron chi connectivity index (χ3n) is 3.48. The molecular formula is C14H27IN4O. The lowest BCUT2D eigenvalue weighted by atomic mass is 10.2. The number of ether oxygens (including phenoxy) is 1. The first-order chi connectivity index (χ1) is 9.38. The molecule has 0 bridgehead atoms. The first kappa shape index (κ1) is 17.7. The van der Waals surface area contributed by atoms with Gasteiger partial charge in [-0.15, -0.1) is 24.0 Å². The average Bonchev–Trinajstić information content (AvgIpc) is 2.93. The summed E-state index contributed by atoms with van der Waals surface area (Å²) < 4.78 is 5.35. The van der Waals surface area contributed by atoms with E-state index < -0.39 is 0 Å². The summed E-state index contributed by atoms with van der Waals surface area (Å²) in [4.78, 5) is 7.07. The van der Waals surface area contributed by atoms with Gasteiger partial charge in [0, 0.05) is 32.2 Å². The van der Waals surface area contributed by atoms with Crippen LogP contribution in [-0.4, -0.2) is 62.8 Å². The van der Waals surface area contributed by atoms with Crippen molar-refractivity contribution in [3.05, 3.63) is 12.2 Å². The van der Waals surface area contributed by atoms with Crippen LogP contribution in [0.3, 0.4) is 0 Å². The molecule has 0 radical (unpaired) electrons. The van der Waals surface area contributed by atoms with Crippen molar-refractivity contribution in [2.24, 2.45) is 4.99 Å². The third-order valence-corrected chi connectivity index (χ3v) is 3.48. The van der Waals surface area contributed by atoms with E-state index in [0.717, 1.165) is 64.7 Å². The van der Waals surface area contributed by atoms with Crippen LogP contribution in [0, 0.1) is 0 Å². The highest BCUT2D eigenvalue weighted by molar-refractivity contribution is 14.0. The summed E-state index contributed by atoms with van der Waals surface area (Å²) in [5.74, 6) is 0.949. The summed E-state index contributed by atoms with van der Waals surface area (Å²) in [5, 5.41) is 6.80. The predicted molar refractivity (Wildman–Crippen MR) is 94.0 cm³/mol. The molecule has 0 aromatic rings. The van der Waals surface area contributed by atoms with Crippen molar-refractivity contribution in [2.75, 3.05) is 45.9 Å². The first-order valence-corrected chi connectivity index (χ1v) is 7.38.